The molecule has 3 nitrogen and oxygen atoms in total. The molecule has 0 N–H and O–H groups in total. The van der Waals surface area contributed by atoms with Gasteiger partial charge in [0.05, 0.1) is 16.1 Å². The predicted molar refractivity (Wildman–Crippen MR) is 49.3 cm³/mol. The third kappa shape index (κ3) is 0.605. The number of nitro groups is 1. The third-order valence-corrected chi connectivity index (χ3v) is 2.51. The molecule has 13 heavy (non-hydrogen) atoms. The van der Waals surface area contributed by atoms with Crippen molar-refractivity contribution in [1.82, 2.24) is 0 Å². The van der Waals surface area contributed by atoms with Gasteiger partial charge in [0.2, 0.25) is 0 Å². The number of rotatable bonds is 1. The van der Waals surface area contributed by atoms with Crippen LogP contribution in [0, 0.1) is 10.1 Å². The molecule has 0 aliphatic heterocycles. The molecule has 0 unspecified atom stereocenters. The van der Waals surface area contributed by atoms with Gasteiger partial charge in [-0.15, -0.1) is 0 Å². The first-order valence-corrected chi connectivity index (χ1v) is 3.99. The highest BCUT2D eigenvalue weighted by Crippen LogP contribution is 2.45. The van der Waals surface area contributed by atoms with Crippen molar-refractivity contribution < 1.29 is 4.92 Å². The Labute approximate surface area is 74.2 Å². The number of nitrogens with zero attached hydrogens (tertiary/aromatic N) is 1. The maximum absolute atomic E-state index is 10.8. The SMILES string of the molecule is O=[N+]([O-])C1=C2C=Cc3c2cccc31. The van der Waals surface area contributed by atoms with Gasteiger partial charge >= 0.3 is 0 Å². The van der Waals surface area contributed by atoms with Crippen molar-refractivity contribution in [2.45, 2.75) is 0 Å². The molecule has 3 heteroatoms. The second-order valence-corrected chi connectivity index (χ2v) is 3.12. The van der Waals surface area contributed by atoms with Crippen LogP contribution >= 0.6 is 0 Å². The lowest BCUT2D eigenvalue weighted by Gasteiger charge is -1.97. The fraction of sp³-hybridized carbons (Fsp3) is 0. The Morgan fingerprint density at radius 3 is 2.62 bits per heavy atom. The molecule has 2 aliphatic rings. The van der Waals surface area contributed by atoms with Crippen molar-refractivity contribution in [3.8, 4) is 0 Å². The first kappa shape index (κ1) is 6.60. The van der Waals surface area contributed by atoms with E-state index in [0.717, 1.165) is 22.3 Å². The summed E-state index contributed by atoms with van der Waals surface area (Å²) in [6.07, 6.45) is 3.75. The van der Waals surface area contributed by atoms with Crippen LogP contribution in [0.15, 0.2) is 24.3 Å². The largest absolute Gasteiger partial charge is 0.284 e. The molecular weight excluding hydrogens is 166 g/mol. The second-order valence-electron chi connectivity index (χ2n) is 3.12. The van der Waals surface area contributed by atoms with Crippen LogP contribution in [0.2, 0.25) is 0 Å². The van der Waals surface area contributed by atoms with Crippen molar-refractivity contribution in [3.63, 3.8) is 0 Å². The van der Waals surface area contributed by atoms with Crippen molar-refractivity contribution in [2.24, 2.45) is 0 Å². The van der Waals surface area contributed by atoms with E-state index in [4.69, 9.17) is 0 Å². The molecule has 2 aliphatic carbocycles. The van der Waals surface area contributed by atoms with E-state index >= 15 is 0 Å². The number of hydrogen-bond donors (Lipinski definition) is 0. The summed E-state index contributed by atoms with van der Waals surface area (Å²) in [7, 11) is 0. The van der Waals surface area contributed by atoms with Crippen LogP contribution < -0.4 is 0 Å². The lowest BCUT2D eigenvalue weighted by molar-refractivity contribution is -0.374. The molecule has 62 valence electrons. The maximum atomic E-state index is 10.8. The van der Waals surface area contributed by atoms with Gasteiger partial charge in [0, 0.05) is 0 Å². The highest BCUT2D eigenvalue weighted by Gasteiger charge is 2.34. The standard InChI is InChI=1S/C10H5NO2/c12-11(13)10-8-3-1-2-6-7(8)4-5-9(6)10/h1-5H. The first-order chi connectivity index (χ1) is 6.29. The minimum Gasteiger partial charge on any atom is -0.258 e. The lowest BCUT2D eigenvalue weighted by Crippen LogP contribution is -1.97. The molecule has 4 bridgehead atoms. The molecule has 0 saturated carbocycles. The smallest absolute Gasteiger partial charge is 0.258 e. The molecule has 0 spiro atoms. The van der Waals surface area contributed by atoms with Gasteiger partial charge in [-0.05, 0) is 23.3 Å². The molecule has 1 aromatic rings. The van der Waals surface area contributed by atoms with Crippen LogP contribution in [0.1, 0.15) is 16.7 Å². The van der Waals surface area contributed by atoms with Gasteiger partial charge in [0.15, 0.2) is 0 Å². The Balaban J connectivity index is 2.43. The summed E-state index contributed by atoms with van der Waals surface area (Å²) < 4.78 is 0. The molecule has 0 fully saturated rings. The number of benzene rings is 1. The lowest BCUT2D eigenvalue weighted by atomic mass is 10.1. The van der Waals surface area contributed by atoms with Crippen LogP contribution in [-0.2, 0) is 0 Å². The van der Waals surface area contributed by atoms with Crippen LogP contribution in [0.5, 0.6) is 0 Å². The molecular formula is C10H5NO2. The fourth-order valence-corrected chi connectivity index (χ4v) is 1.99. The maximum Gasteiger partial charge on any atom is 0.284 e. The molecule has 1 aromatic carbocycles. The molecule has 3 rings (SSSR count). The molecule has 0 heterocycles. The van der Waals surface area contributed by atoms with Gasteiger partial charge in [-0.25, -0.2) is 0 Å². The van der Waals surface area contributed by atoms with Crippen LogP contribution in [0.3, 0.4) is 0 Å². The van der Waals surface area contributed by atoms with Gasteiger partial charge in [-0.1, -0.05) is 18.2 Å². The molecule has 0 radical (unpaired) electrons. The van der Waals surface area contributed by atoms with Crippen molar-refractivity contribution in [3.05, 3.63) is 51.1 Å². The van der Waals surface area contributed by atoms with Gasteiger partial charge < -0.3 is 0 Å². The third-order valence-electron chi connectivity index (χ3n) is 2.51. The van der Waals surface area contributed by atoms with Gasteiger partial charge in [-0.3, -0.25) is 10.1 Å². The topological polar surface area (TPSA) is 43.1 Å². The minimum atomic E-state index is -0.301. The monoisotopic (exact) mass is 171 g/mol. The van der Waals surface area contributed by atoms with Crippen molar-refractivity contribution >= 4 is 17.3 Å². The summed E-state index contributed by atoms with van der Waals surface area (Å²) in [5.74, 6) is 0. The Morgan fingerprint density at radius 1 is 1.15 bits per heavy atom. The Morgan fingerprint density at radius 2 is 1.92 bits per heavy atom. The average Bonchev–Trinajstić information content (AvgIpc) is 2.58. The quantitative estimate of drug-likeness (QED) is 0.480. The summed E-state index contributed by atoms with van der Waals surface area (Å²) >= 11 is 0. The van der Waals surface area contributed by atoms with Crippen LogP contribution in [0.25, 0.3) is 17.3 Å². The Hall–Kier alpha value is -1.90. The molecule has 0 atom stereocenters. The van der Waals surface area contributed by atoms with Gasteiger partial charge in [-0.2, -0.15) is 0 Å². The van der Waals surface area contributed by atoms with E-state index in [9.17, 15) is 10.1 Å². The van der Waals surface area contributed by atoms with Crippen LogP contribution in [-0.4, -0.2) is 4.92 Å². The summed E-state index contributed by atoms with van der Waals surface area (Å²) in [5.41, 5.74) is 3.80. The predicted octanol–water partition coefficient (Wildman–Crippen LogP) is 2.17. The average molecular weight is 171 g/mol. The highest BCUT2D eigenvalue weighted by molar-refractivity contribution is 6.09. The molecule has 0 aromatic heterocycles. The van der Waals surface area contributed by atoms with Gasteiger partial charge in [0.25, 0.3) is 5.70 Å². The Kier molecular flexibility index (Phi) is 0.953. The highest BCUT2D eigenvalue weighted by atomic mass is 16.6. The second kappa shape index (κ2) is 1.88. The van der Waals surface area contributed by atoms with E-state index in [1.165, 1.54) is 0 Å². The minimum absolute atomic E-state index is 0.262. The summed E-state index contributed by atoms with van der Waals surface area (Å²) in [6, 6.07) is 5.58. The van der Waals surface area contributed by atoms with Crippen molar-refractivity contribution in [2.75, 3.05) is 0 Å². The van der Waals surface area contributed by atoms with E-state index in [-0.39, 0.29) is 10.6 Å². The summed E-state index contributed by atoms with van der Waals surface area (Å²) in [6.45, 7) is 0. The summed E-state index contributed by atoms with van der Waals surface area (Å²) in [5, 5.41) is 10.8. The van der Waals surface area contributed by atoms with E-state index in [1.54, 1.807) is 6.07 Å². The number of hydrogen-bond acceptors (Lipinski definition) is 2. The number of allylic oxidation sites excluding steroid dienone is 2. The van der Waals surface area contributed by atoms with Gasteiger partial charge in [0.1, 0.15) is 0 Å². The fourth-order valence-electron chi connectivity index (χ4n) is 1.99. The van der Waals surface area contributed by atoms with E-state index in [2.05, 4.69) is 0 Å². The normalized spacial score (nSPS) is 15.7. The zero-order valence-electron chi connectivity index (χ0n) is 6.65. The summed E-state index contributed by atoms with van der Waals surface area (Å²) in [4.78, 5) is 10.5. The molecule has 0 saturated heterocycles. The zero-order chi connectivity index (χ0) is 9.00. The molecule has 0 amide bonds. The van der Waals surface area contributed by atoms with Crippen molar-refractivity contribution in [1.29, 1.82) is 0 Å². The first-order valence-electron chi connectivity index (χ1n) is 3.99. The van der Waals surface area contributed by atoms with E-state index in [0.29, 0.717) is 0 Å². The van der Waals surface area contributed by atoms with E-state index < -0.39 is 0 Å². The van der Waals surface area contributed by atoms with Crippen LogP contribution in [0.4, 0.5) is 0 Å². The van der Waals surface area contributed by atoms with E-state index in [1.807, 2.05) is 24.3 Å². The Bertz CT molecular complexity index is 498. The zero-order valence-corrected chi connectivity index (χ0v) is 6.65.